The number of unbranched alkanes of at least 4 members (excludes halogenated alkanes) is 1. The fourth-order valence-corrected chi connectivity index (χ4v) is 2.06. The zero-order valence-corrected chi connectivity index (χ0v) is 11.8. The quantitative estimate of drug-likeness (QED) is 0.771. The van der Waals surface area contributed by atoms with Gasteiger partial charge in [-0.1, -0.05) is 32.4 Å². The van der Waals surface area contributed by atoms with Crippen molar-refractivity contribution in [2.45, 2.75) is 33.2 Å². The van der Waals surface area contributed by atoms with E-state index in [4.69, 9.17) is 4.74 Å². The third-order valence-electron chi connectivity index (χ3n) is 3.14. The van der Waals surface area contributed by atoms with Gasteiger partial charge in [0.15, 0.2) is 0 Å². The van der Waals surface area contributed by atoms with Gasteiger partial charge in [0, 0.05) is 18.1 Å². The van der Waals surface area contributed by atoms with Crippen molar-refractivity contribution >= 4 is 10.9 Å². The highest BCUT2D eigenvalue weighted by molar-refractivity contribution is 5.87. The maximum atomic E-state index is 5.84. The average Bonchev–Trinajstić information content (AvgIpc) is 2.46. The molecule has 0 spiro atoms. The Balaban J connectivity index is 2.29. The Hall–Kier alpha value is -1.61. The second-order valence-electron chi connectivity index (χ2n) is 4.60. The van der Waals surface area contributed by atoms with E-state index in [1.54, 1.807) is 0 Å². The zero-order chi connectivity index (χ0) is 13.5. The summed E-state index contributed by atoms with van der Waals surface area (Å²) in [7, 11) is 0. The predicted molar refractivity (Wildman–Crippen MR) is 79.5 cm³/mol. The zero-order valence-electron chi connectivity index (χ0n) is 11.8. The lowest BCUT2D eigenvalue weighted by Gasteiger charge is -2.11. The highest BCUT2D eigenvalue weighted by Gasteiger charge is 2.07. The number of nitrogens with zero attached hydrogens (tertiary/aromatic N) is 1. The van der Waals surface area contributed by atoms with E-state index in [1.807, 2.05) is 18.3 Å². The monoisotopic (exact) mass is 258 g/mol. The molecular weight excluding hydrogens is 236 g/mol. The van der Waals surface area contributed by atoms with Gasteiger partial charge < -0.3 is 10.1 Å². The molecule has 0 bridgehead atoms. The van der Waals surface area contributed by atoms with E-state index in [0.717, 1.165) is 43.8 Å². The van der Waals surface area contributed by atoms with Crippen LogP contribution in [0.4, 0.5) is 0 Å². The maximum absolute atomic E-state index is 5.84. The molecule has 2 aromatic rings. The SMILES string of the molecule is CCCCOc1ccc(CNCC)c2cccnc12. The molecular formula is C16H22N2O. The largest absolute Gasteiger partial charge is 0.491 e. The molecule has 19 heavy (non-hydrogen) atoms. The van der Waals surface area contributed by atoms with Crippen molar-refractivity contribution in [2.24, 2.45) is 0 Å². The summed E-state index contributed by atoms with van der Waals surface area (Å²) in [6, 6.07) is 8.26. The lowest BCUT2D eigenvalue weighted by Crippen LogP contribution is -2.12. The summed E-state index contributed by atoms with van der Waals surface area (Å²) < 4.78 is 5.84. The minimum Gasteiger partial charge on any atom is -0.491 e. The van der Waals surface area contributed by atoms with Gasteiger partial charge in [-0.2, -0.15) is 0 Å². The number of benzene rings is 1. The van der Waals surface area contributed by atoms with E-state index in [9.17, 15) is 0 Å². The molecule has 0 atom stereocenters. The minimum atomic E-state index is 0.759. The Labute approximate surface area is 115 Å². The molecule has 1 aromatic carbocycles. The Kier molecular flexibility index (Phi) is 5.16. The lowest BCUT2D eigenvalue weighted by atomic mass is 10.1. The third kappa shape index (κ3) is 3.44. The molecule has 0 fully saturated rings. The van der Waals surface area contributed by atoms with Crippen LogP contribution < -0.4 is 10.1 Å². The second kappa shape index (κ2) is 7.10. The van der Waals surface area contributed by atoms with Crippen LogP contribution in [0.25, 0.3) is 10.9 Å². The summed E-state index contributed by atoms with van der Waals surface area (Å²) in [4.78, 5) is 4.48. The number of pyridine rings is 1. The normalized spacial score (nSPS) is 10.8. The first kappa shape index (κ1) is 13.8. The Morgan fingerprint density at radius 1 is 1.21 bits per heavy atom. The molecule has 1 N–H and O–H groups in total. The number of hydrogen-bond donors (Lipinski definition) is 1. The number of aromatic nitrogens is 1. The second-order valence-corrected chi connectivity index (χ2v) is 4.60. The summed E-state index contributed by atoms with van der Waals surface area (Å²) in [5, 5.41) is 4.54. The molecule has 2 rings (SSSR count). The van der Waals surface area contributed by atoms with Crippen LogP contribution >= 0.6 is 0 Å². The van der Waals surface area contributed by atoms with E-state index in [1.165, 1.54) is 10.9 Å². The summed E-state index contributed by atoms with van der Waals surface area (Å²) in [6.45, 7) is 6.88. The molecule has 3 heteroatoms. The van der Waals surface area contributed by atoms with Crippen molar-refractivity contribution in [3.63, 3.8) is 0 Å². The molecule has 0 saturated carbocycles. The van der Waals surface area contributed by atoms with Crippen LogP contribution in [0.5, 0.6) is 5.75 Å². The van der Waals surface area contributed by atoms with Crippen LogP contribution in [-0.4, -0.2) is 18.1 Å². The number of fused-ring (bicyclic) bond motifs is 1. The molecule has 0 aliphatic rings. The van der Waals surface area contributed by atoms with Gasteiger partial charge in [-0.3, -0.25) is 4.98 Å². The van der Waals surface area contributed by atoms with Gasteiger partial charge in [0.25, 0.3) is 0 Å². The number of ether oxygens (including phenoxy) is 1. The Bertz CT molecular complexity index is 525. The lowest BCUT2D eigenvalue weighted by molar-refractivity contribution is 0.312. The fraction of sp³-hybridized carbons (Fsp3) is 0.438. The molecule has 1 aromatic heterocycles. The maximum Gasteiger partial charge on any atom is 0.145 e. The highest BCUT2D eigenvalue weighted by atomic mass is 16.5. The minimum absolute atomic E-state index is 0.759. The highest BCUT2D eigenvalue weighted by Crippen LogP contribution is 2.26. The summed E-state index contributed by atoms with van der Waals surface area (Å²) in [6.07, 6.45) is 4.05. The van der Waals surface area contributed by atoms with E-state index in [0.29, 0.717) is 0 Å². The van der Waals surface area contributed by atoms with E-state index < -0.39 is 0 Å². The first-order valence-corrected chi connectivity index (χ1v) is 7.07. The molecule has 102 valence electrons. The Morgan fingerprint density at radius 2 is 2.11 bits per heavy atom. The van der Waals surface area contributed by atoms with Crippen LogP contribution in [0.15, 0.2) is 30.5 Å². The summed E-state index contributed by atoms with van der Waals surface area (Å²) in [5.41, 5.74) is 2.24. The Morgan fingerprint density at radius 3 is 2.89 bits per heavy atom. The van der Waals surface area contributed by atoms with Gasteiger partial charge in [0.2, 0.25) is 0 Å². The van der Waals surface area contributed by atoms with Crippen LogP contribution in [-0.2, 0) is 6.54 Å². The van der Waals surface area contributed by atoms with Gasteiger partial charge >= 0.3 is 0 Å². The van der Waals surface area contributed by atoms with Gasteiger partial charge in [0.05, 0.1) is 6.61 Å². The van der Waals surface area contributed by atoms with Crippen molar-refractivity contribution in [1.29, 1.82) is 0 Å². The molecule has 0 radical (unpaired) electrons. The molecule has 0 unspecified atom stereocenters. The topological polar surface area (TPSA) is 34.1 Å². The first-order valence-electron chi connectivity index (χ1n) is 7.07. The van der Waals surface area contributed by atoms with Gasteiger partial charge in [-0.15, -0.1) is 0 Å². The van der Waals surface area contributed by atoms with Crippen LogP contribution in [0.2, 0.25) is 0 Å². The standard InChI is InChI=1S/C16H22N2O/c1-3-5-11-19-15-9-8-13(12-17-4-2)14-7-6-10-18-16(14)15/h6-10,17H,3-5,11-12H2,1-2H3. The number of hydrogen-bond acceptors (Lipinski definition) is 3. The van der Waals surface area contributed by atoms with Crippen molar-refractivity contribution in [2.75, 3.05) is 13.2 Å². The summed E-state index contributed by atoms with van der Waals surface area (Å²) >= 11 is 0. The van der Waals surface area contributed by atoms with Crippen LogP contribution in [0, 0.1) is 0 Å². The molecule has 0 aliphatic heterocycles. The smallest absolute Gasteiger partial charge is 0.145 e. The summed E-state index contributed by atoms with van der Waals surface area (Å²) in [5.74, 6) is 0.893. The van der Waals surface area contributed by atoms with E-state index in [2.05, 4.69) is 36.3 Å². The first-order chi connectivity index (χ1) is 9.36. The third-order valence-corrected chi connectivity index (χ3v) is 3.14. The molecule has 1 heterocycles. The van der Waals surface area contributed by atoms with Crippen LogP contribution in [0.3, 0.4) is 0 Å². The molecule has 3 nitrogen and oxygen atoms in total. The number of rotatable bonds is 7. The van der Waals surface area contributed by atoms with Gasteiger partial charge in [-0.25, -0.2) is 0 Å². The van der Waals surface area contributed by atoms with Crippen molar-refractivity contribution in [1.82, 2.24) is 10.3 Å². The molecule has 0 saturated heterocycles. The number of nitrogens with one attached hydrogen (secondary N) is 1. The average molecular weight is 258 g/mol. The van der Waals surface area contributed by atoms with Gasteiger partial charge in [-0.05, 0) is 30.7 Å². The van der Waals surface area contributed by atoms with Gasteiger partial charge in [0.1, 0.15) is 11.3 Å². The molecule has 0 aliphatic carbocycles. The fourth-order valence-electron chi connectivity index (χ4n) is 2.06. The predicted octanol–water partition coefficient (Wildman–Crippen LogP) is 3.52. The van der Waals surface area contributed by atoms with E-state index >= 15 is 0 Å². The molecule has 0 amide bonds. The van der Waals surface area contributed by atoms with Crippen molar-refractivity contribution < 1.29 is 4.74 Å². The van der Waals surface area contributed by atoms with Crippen molar-refractivity contribution in [3.8, 4) is 5.75 Å². The van der Waals surface area contributed by atoms with Crippen molar-refractivity contribution in [3.05, 3.63) is 36.0 Å². The van der Waals surface area contributed by atoms with E-state index in [-0.39, 0.29) is 0 Å². The van der Waals surface area contributed by atoms with Crippen LogP contribution in [0.1, 0.15) is 32.3 Å².